The minimum absolute atomic E-state index is 0. The highest BCUT2D eigenvalue weighted by Gasteiger charge is 2.16. The molecule has 0 bridgehead atoms. The number of benzene rings is 2. The molecule has 0 saturated carbocycles. The van der Waals surface area contributed by atoms with E-state index in [9.17, 15) is 8.78 Å². The van der Waals surface area contributed by atoms with Gasteiger partial charge in [0.1, 0.15) is 11.6 Å². The van der Waals surface area contributed by atoms with Crippen molar-refractivity contribution in [3.05, 3.63) is 77.5 Å². The van der Waals surface area contributed by atoms with E-state index in [1.807, 2.05) is 34.9 Å². The monoisotopic (exact) mass is 359 g/mol. The van der Waals surface area contributed by atoms with Crippen LogP contribution in [0.25, 0.3) is 21.9 Å². The molecule has 2 N–H and O–H groups in total. The summed E-state index contributed by atoms with van der Waals surface area (Å²) in [5.41, 5.74) is 9.52. The molecular weight excluding hydrogens is 344 g/mol. The first-order chi connectivity index (χ1) is 11.7. The van der Waals surface area contributed by atoms with Crippen molar-refractivity contribution >= 4 is 34.3 Å². The van der Waals surface area contributed by atoms with E-state index >= 15 is 0 Å². The Labute approximate surface area is 149 Å². The van der Waals surface area contributed by atoms with E-state index in [-0.39, 0.29) is 12.4 Å². The molecule has 0 spiro atoms. The number of nitrogens with zero attached hydrogens (tertiary/aromatic N) is 2. The lowest BCUT2D eigenvalue weighted by atomic mass is 10.1. The molecule has 0 aliphatic heterocycles. The maximum Gasteiger partial charge on any atom is 0.137 e. The Morgan fingerprint density at radius 3 is 2.40 bits per heavy atom. The third-order valence-corrected chi connectivity index (χ3v) is 4.24. The SMILES string of the molecule is Cl.NCc1ccc(Cn2c3cccnc3c3c(F)cc(F)cc32)cc1. The summed E-state index contributed by atoms with van der Waals surface area (Å²) in [5, 5.41) is 0.352. The minimum atomic E-state index is -0.595. The highest BCUT2D eigenvalue weighted by atomic mass is 35.5. The molecule has 2 aromatic heterocycles. The van der Waals surface area contributed by atoms with Crippen molar-refractivity contribution in [1.29, 1.82) is 0 Å². The third-order valence-electron chi connectivity index (χ3n) is 4.24. The second kappa shape index (κ2) is 6.78. The largest absolute Gasteiger partial charge is 0.334 e. The molecule has 128 valence electrons. The number of nitrogens with two attached hydrogens (primary N) is 1. The molecule has 2 aromatic carbocycles. The molecule has 3 nitrogen and oxygen atoms in total. The standard InChI is InChI=1S/C19H15F2N3.ClH/c20-14-8-15(21)18-17(9-14)24(16-2-1-7-23-19(16)18)11-13-5-3-12(10-22)4-6-13;/h1-9H,10-11,22H2;1H. The smallest absolute Gasteiger partial charge is 0.137 e. The second-order valence-corrected chi connectivity index (χ2v) is 5.76. The van der Waals surface area contributed by atoms with Gasteiger partial charge < -0.3 is 10.3 Å². The predicted octanol–water partition coefficient (Wildman–Crippen LogP) is 4.40. The number of hydrogen-bond donors (Lipinski definition) is 1. The van der Waals surface area contributed by atoms with E-state index < -0.39 is 11.6 Å². The van der Waals surface area contributed by atoms with Crippen molar-refractivity contribution in [1.82, 2.24) is 9.55 Å². The Balaban J connectivity index is 0.00000182. The lowest BCUT2D eigenvalue weighted by molar-refractivity contribution is 0.591. The van der Waals surface area contributed by atoms with Gasteiger partial charge in [0.15, 0.2) is 0 Å². The fourth-order valence-corrected chi connectivity index (χ4v) is 3.08. The van der Waals surface area contributed by atoms with E-state index in [1.165, 1.54) is 6.07 Å². The first-order valence-electron chi connectivity index (χ1n) is 7.67. The van der Waals surface area contributed by atoms with Crippen LogP contribution in [0.2, 0.25) is 0 Å². The van der Waals surface area contributed by atoms with Crippen LogP contribution in [0.5, 0.6) is 0 Å². The number of aromatic nitrogens is 2. The van der Waals surface area contributed by atoms with E-state index in [0.29, 0.717) is 29.5 Å². The molecule has 6 heteroatoms. The molecule has 0 radical (unpaired) electrons. The van der Waals surface area contributed by atoms with Gasteiger partial charge in [0.25, 0.3) is 0 Å². The van der Waals surface area contributed by atoms with E-state index in [4.69, 9.17) is 5.73 Å². The second-order valence-electron chi connectivity index (χ2n) is 5.76. The van der Waals surface area contributed by atoms with Gasteiger partial charge in [0.2, 0.25) is 0 Å². The average Bonchev–Trinajstić information content (AvgIpc) is 2.90. The van der Waals surface area contributed by atoms with Gasteiger partial charge in [-0.25, -0.2) is 8.78 Å². The molecule has 4 aromatic rings. The molecule has 2 heterocycles. The molecule has 0 atom stereocenters. The summed E-state index contributed by atoms with van der Waals surface area (Å²) in [7, 11) is 0. The number of hydrogen-bond acceptors (Lipinski definition) is 2. The quantitative estimate of drug-likeness (QED) is 0.589. The Hall–Kier alpha value is -2.50. The van der Waals surface area contributed by atoms with Crippen molar-refractivity contribution in [2.24, 2.45) is 5.73 Å². The molecule has 4 rings (SSSR count). The van der Waals surface area contributed by atoms with Crippen molar-refractivity contribution in [2.75, 3.05) is 0 Å². The molecule has 0 amide bonds. The van der Waals surface area contributed by atoms with Crippen LogP contribution in [0.3, 0.4) is 0 Å². The van der Waals surface area contributed by atoms with Crippen LogP contribution in [-0.4, -0.2) is 9.55 Å². The number of pyridine rings is 1. The first kappa shape index (κ1) is 17.3. The van der Waals surface area contributed by atoms with Crippen LogP contribution in [0.15, 0.2) is 54.7 Å². The van der Waals surface area contributed by atoms with Crippen molar-refractivity contribution in [3.63, 3.8) is 0 Å². The van der Waals surface area contributed by atoms with Crippen LogP contribution in [0.1, 0.15) is 11.1 Å². The fraction of sp³-hybridized carbons (Fsp3) is 0.105. The zero-order valence-corrected chi connectivity index (χ0v) is 14.1. The van der Waals surface area contributed by atoms with Gasteiger partial charge in [0, 0.05) is 25.4 Å². The van der Waals surface area contributed by atoms with Gasteiger partial charge in [-0.2, -0.15) is 0 Å². The topological polar surface area (TPSA) is 43.8 Å². The maximum absolute atomic E-state index is 14.3. The number of fused-ring (bicyclic) bond motifs is 3. The maximum atomic E-state index is 14.3. The van der Waals surface area contributed by atoms with Crippen LogP contribution in [0.4, 0.5) is 8.78 Å². The fourth-order valence-electron chi connectivity index (χ4n) is 3.08. The Kier molecular flexibility index (Phi) is 4.70. The summed E-state index contributed by atoms with van der Waals surface area (Å²) < 4.78 is 30.0. The van der Waals surface area contributed by atoms with Gasteiger partial charge in [-0.05, 0) is 29.3 Å². The Morgan fingerprint density at radius 2 is 1.68 bits per heavy atom. The van der Waals surface area contributed by atoms with Gasteiger partial charge in [-0.15, -0.1) is 12.4 Å². The van der Waals surface area contributed by atoms with Gasteiger partial charge >= 0.3 is 0 Å². The minimum Gasteiger partial charge on any atom is -0.334 e. The summed E-state index contributed by atoms with van der Waals surface area (Å²) in [4.78, 5) is 4.29. The Bertz CT molecular complexity index is 1040. The molecule has 0 aliphatic carbocycles. The van der Waals surface area contributed by atoms with Gasteiger partial charge in [0.05, 0.1) is 21.9 Å². The summed E-state index contributed by atoms with van der Waals surface area (Å²) >= 11 is 0. The predicted molar refractivity (Wildman–Crippen MR) is 97.8 cm³/mol. The van der Waals surface area contributed by atoms with Crippen LogP contribution < -0.4 is 5.73 Å². The normalized spacial score (nSPS) is 11.0. The third kappa shape index (κ3) is 2.97. The van der Waals surface area contributed by atoms with Crippen LogP contribution in [0, 0.1) is 11.6 Å². The van der Waals surface area contributed by atoms with Gasteiger partial charge in [-0.3, -0.25) is 4.98 Å². The summed E-state index contributed by atoms with van der Waals surface area (Å²) in [5.74, 6) is -1.19. The number of rotatable bonds is 3. The van der Waals surface area contributed by atoms with Crippen LogP contribution >= 0.6 is 12.4 Å². The van der Waals surface area contributed by atoms with E-state index in [1.54, 1.807) is 12.3 Å². The summed E-state index contributed by atoms with van der Waals surface area (Å²) in [6.07, 6.45) is 1.62. The first-order valence-corrected chi connectivity index (χ1v) is 7.67. The zero-order valence-electron chi connectivity index (χ0n) is 13.2. The van der Waals surface area contributed by atoms with E-state index in [2.05, 4.69) is 4.98 Å². The molecule has 0 aliphatic rings. The lowest BCUT2D eigenvalue weighted by Gasteiger charge is -2.08. The highest BCUT2D eigenvalue weighted by Crippen LogP contribution is 2.31. The average molecular weight is 360 g/mol. The summed E-state index contributed by atoms with van der Waals surface area (Å²) in [6, 6.07) is 13.8. The van der Waals surface area contributed by atoms with Crippen molar-refractivity contribution < 1.29 is 8.78 Å². The molecular formula is C19H16ClF2N3. The highest BCUT2D eigenvalue weighted by molar-refractivity contribution is 6.06. The molecule has 0 saturated heterocycles. The van der Waals surface area contributed by atoms with Crippen LogP contribution in [-0.2, 0) is 13.1 Å². The molecule has 25 heavy (non-hydrogen) atoms. The van der Waals surface area contributed by atoms with Gasteiger partial charge in [-0.1, -0.05) is 24.3 Å². The Morgan fingerprint density at radius 1 is 0.960 bits per heavy atom. The van der Waals surface area contributed by atoms with E-state index in [0.717, 1.165) is 22.7 Å². The lowest BCUT2D eigenvalue weighted by Crippen LogP contribution is -2.01. The number of halogens is 3. The van der Waals surface area contributed by atoms with Crippen molar-refractivity contribution in [3.8, 4) is 0 Å². The zero-order chi connectivity index (χ0) is 16.7. The van der Waals surface area contributed by atoms with Crippen molar-refractivity contribution in [2.45, 2.75) is 13.1 Å². The molecule has 0 fully saturated rings. The summed E-state index contributed by atoms with van der Waals surface area (Å²) in [6.45, 7) is 0.982. The molecule has 0 unspecified atom stereocenters.